The average Bonchev–Trinajstić information content (AvgIpc) is 2.71. The van der Waals surface area contributed by atoms with Crippen molar-refractivity contribution in [2.45, 2.75) is 40.0 Å². The van der Waals surface area contributed by atoms with E-state index in [1.807, 2.05) is 53.8 Å². The van der Waals surface area contributed by atoms with E-state index < -0.39 is 0 Å². The third kappa shape index (κ3) is 4.77. The quantitative estimate of drug-likeness (QED) is 0.197. The summed E-state index contributed by atoms with van der Waals surface area (Å²) in [5.74, 6) is 1.70. The predicted octanol–water partition coefficient (Wildman–Crippen LogP) is 5.03. The molecule has 156 valence electrons. The van der Waals surface area contributed by atoms with Crippen LogP contribution in [0.5, 0.6) is 5.75 Å². The number of ketones is 1. The number of aromatic hydroxyl groups is 1. The van der Waals surface area contributed by atoms with E-state index in [0.29, 0.717) is 53.4 Å². The fourth-order valence-electron chi connectivity index (χ4n) is 3.41. The van der Waals surface area contributed by atoms with Crippen molar-refractivity contribution >= 4 is 34.3 Å². The van der Waals surface area contributed by atoms with Gasteiger partial charge in [-0.25, -0.2) is 0 Å². The minimum Gasteiger partial charge on any atom is -0.512 e. The maximum absolute atomic E-state index is 10.8. The minimum absolute atomic E-state index is 0.0357. The van der Waals surface area contributed by atoms with E-state index in [-0.39, 0.29) is 17.3 Å². The number of carbonyl (C=O) groups excluding carboxylic acids is 1. The molecule has 1 aliphatic rings. The Hall–Kier alpha value is -2.42. The van der Waals surface area contributed by atoms with E-state index in [1.54, 1.807) is 26.2 Å². The monoisotopic (exact) mass is 511 g/mol. The molecule has 0 bridgehead atoms. The zero-order valence-electron chi connectivity index (χ0n) is 17.2. The standard InChI is InChI=1S/C22H27IN2O4/c1-6-15-10-18(21(28)12-17(15)13(3)26)19(7-2)25(14(4)24-23)20-11-16(27)8-9-22(20)29-5/h7,10-12,24,27-28H,4,6,8-9H2,1-3,5H3/p+1/b19-7-. The molecule has 1 aromatic carbocycles. The molecule has 0 fully saturated rings. The number of nitrogens with zero attached hydrogens (tertiary/aromatic N) is 1. The van der Waals surface area contributed by atoms with Crippen LogP contribution in [0, 0.1) is 0 Å². The second kappa shape index (κ2) is 9.87. The Labute approximate surface area is 185 Å². The first kappa shape index (κ1) is 22.9. The van der Waals surface area contributed by atoms with Gasteiger partial charge in [-0.3, -0.25) is 9.69 Å². The van der Waals surface area contributed by atoms with Gasteiger partial charge in [0, 0.05) is 24.5 Å². The van der Waals surface area contributed by atoms with Gasteiger partial charge in [-0.2, -0.15) is 0 Å². The van der Waals surface area contributed by atoms with Gasteiger partial charge in [0.15, 0.2) is 0 Å². The van der Waals surface area contributed by atoms with E-state index >= 15 is 0 Å². The largest absolute Gasteiger partial charge is 0.512 e. The summed E-state index contributed by atoms with van der Waals surface area (Å²) in [6.45, 7) is 9.56. The number of phenolic OH excluding ortho intramolecular Hbond substituents is 1. The zero-order valence-corrected chi connectivity index (χ0v) is 19.4. The molecular weight excluding hydrogens is 483 g/mol. The summed E-state index contributed by atoms with van der Waals surface area (Å²) in [5.41, 5.74) is 3.43. The zero-order chi connectivity index (χ0) is 21.7. The summed E-state index contributed by atoms with van der Waals surface area (Å²) in [7, 11) is 1.60. The SMILES string of the molecule is C=C(NI)N(C1=C(OC)CCC(O)=C1)/C(=C\C)c1cc(CC)c(C(C)=[OH+])cc1O. The van der Waals surface area contributed by atoms with Crippen molar-refractivity contribution < 1.29 is 19.7 Å². The van der Waals surface area contributed by atoms with Crippen LogP contribution in [0.1, 0.15) is 50.3 Å². The first-order chi connectivity index (χ1) is 13.8. The van der Waals surface area contributed by atoms with Crippen LogP contribution in [0.3, 0.4) is 0 Å². The van der Waals surface area contributed by atoms with Crippen molar-refractivity contribution in [3.05, 3.63) is 70.6 Å². The van der Waals surface area contributed by atoms with Crippen molar-refractivity contribution in [2.24, 2.45) is 0 Å². The lowest BCUT2D eigenvalue weighted by Gasteiger charge is -2.32. The second-order valence-electron chi connectivity index (χ2n) is 6.66. The molecular formula is C22H28IN2O4+. The number of hydrogen-bond donors (Lipinski definition) is 3. The molecule has 0 spiro atoms. The maximum Gasteiger partial charge on any atom is 0.320 e. The number of phenols is 1. The Bertz CT molecular complexity index is 916. The van der Waals surface area contributed by atoms with Crippen molar-refractivity contribution in [2.75, 3.05) is 7.11 Å². The molecule has 0 heterocycles. The topological polar surface area (TPSA) is 86.4 Å². The van der Waals surface area contributed by atoms with Gasteiger partial charge >= 0.3 is 5.78 Å². The molecule has 0 amide bonds. The summed E-state index contributed by atoms with van der Waals surface area (Å²) in [6.07, 6.45) is 5.27. The molecule has 0 atom stereocenters. The number of hydrogen-bond acceptors (Lipinski definition) is 5. The molecule has 29 heavy (non-hydrogen) atoms. The van der Waals surface area contributed by atoms with Gasteiger partial charge < -0.3 is 18.5 Å². The molecule has 0 aromatic heterocycles. The molecule has 2 rings (SSSR count). The van der Waals surface area contributed by atoms with Crippen LogP contribution >= 0.6 is 22.9 Å². The van der Waals surface area contributed by atoms with E-state index in [1.165, 1.54) is 0 Å². The molecule has 7 heteroatoms. The van der Waals surface area contributed by atoms with Gasteiger partial charge in [0.25, 0.3) is 0 Å². The van der Waals surface area contributed by atoms with E-state index in [4.69, 9.17) is 4.74 Å². The summed E-state index contributed by atoms with van der Waals surface area (Å²) in [4.78, 5) is 11.8. The van der Waals surface area contributed by atoms with Crippen LogP contribution in [0.4, 0.5) is 0 Å². The van der Waals surface area contributed by atoms with E-state index in [0.717, 1.165) is 5.56 Å². The van der Waals surface area contributed by atoms with Crippen LogP contribution in [-0.4, -0.2) is 32.8 Å². The smallest absolute Gasteiger partial charge is 0.320 e. The summed E-state index contributed by atoms with van der Waals surface area (Å²) >= 11 is 1.99. The average molecular weight is 511 g/mol. The minimum atomic E-state index is 0.0357. The molecule has 0 radical (unpaired) electrons. The molecule has 0 saturated carbocycles. The molecule has 1 aromatic rings. The number of aliphatic hydroxyl groups is 1. The van der Waals surface area contributed by atoms with Gasteiger partial charge in [-0.1, -0.05) is 19.6 Å². The van der Waals surface area contributed by atoms with Crippen LogP contribution in [-0.2, 0) is 11.2 Å². The van der Waals surface area contributed by atoms with Crippen LogP contribution in [0.15, 0.2) is 53.9 Å². The van der Waals surface area contributed by atoms with Crippen molar-refractivity contribution in [3.8, 4) is 5.75 Å². The number of halogens is 1. The fraction of sp³-hybridized carbons (Fsp3) is 0.318. The first-order valence-electron chi connectivity index (χ1n) is 9.36. The van der Waals surface area contributed by atoms with Gasteiger partial charge in [0.2, 0.25) is 0 Å². The van der Waals surface area contributed by atoms with E-state index in [2.05, 4.69) is 10.1 Å². The molecule has 6 nitrogen and oxygen atoms in total. The number of allylic oxidation sites excluding steroid dienone is 4. The Morgan fingerprint density at radius 1 is 1.34 bits per heavy atom. The van der Waals surface area contributed by atoms with Crippen molar-refractivity contribution in [1.29, 1.82) is 0 Å². The fourth-order valence-corrected chi connectivity index (χ4v) is 3.65. The van der Waals surface area contributed by atoms with Gasteiger partial charge in [-0.05, 0) is 31.0 Å². The number of rotatable bonds is 8. The highest BCUT2D eigenvalue weighted by Crippen LogP contribution is 2.38. The first-order valence-corrected chi connectivity index (χ1v) is 10.4. The molecule has 0 unspecified atom stereocenters. The lowest BCUT2D eigenvalue weighted by molar-refractivity contribution is 0.252. The third-order valence-corrected chi connectivity index (χ3v) is 5.47. The predicted molar refractivity (Wildman–Crippen MR) is 125 cm³/mol. The highest BCUT2D eigenvalue weighted by molar-refractivity contribution is 14.1. The Morgan fingerprint density at radius 2 is 2.03 bits per heavy atom. The van der Waals surface area contributed by atoms with E-state index in [9.17, 15) is 15.0 Å². The van der Waals surface area contributed by atoms with Crippen LogP contribution in [0.2, 0.25) is 0 Å². The third-order valence-electron chi connectivity index (χ3n) is 4.85. The number of methoxy groups -OCH3 is 1. The molecule has 0 aliphatic heterocycles. The Balaban J connectivity index is 2.73. The maximum atomic E-state index is 10.8. The van der Waals surface area contributed by atoms with Gasteiger partial charge in [0.05, 0.1) is 59.6 Å². The lowest BCUT2D eigenvalue weighted by atomic mass is 9.96. The normalized spacial score (nSPS) is 14.4. The Morgan fingerprint density at radius 3 is 2.55 bits per heavy atom. The Kier molecular flexibility index (Phi) is 7.78. The number of benzene rings is 1. The van der Waals surface area contributed by atoms with Crippen LogP contribution in [0.25, 0.3) is 5.70 Å². The highest BCUT2D eigenvalue weighted by Gasteiger charge is 2.27. The molecule has 4 N–H and O–H groups in total. The molecule has 1 aliphatic carbocycles. The van der Waals surface area contributed by atoms with Gasteiger partial charge in [0.1, 0.15) is 17.3 Å². The number of nitrogens with one attached hydrogen (secondary N) is 1. The molecule has 0 saturated heterocycles. The van der Waals surface area contributed by atoms with Crippen molar-refractivity contribution in [1.82, 2.24) is 8.43 Å². The number of aliphatic hydroxyl groups excluding tert-OH is 1. The summed E-state index contributed by atoms with van der Waals surface area (Å²) in [5, 5.41) is 20.9. The summed E-state index contributed by atoms with van der Waals surface area (Å²) < 4.78 is 8.59. The van der Waals surface area contributed by atoms with Gasteiger partial charge in [-0.15, -0.1) is 0 Å². The second-order valence-corrected chi connectivity index (χ2v) is 7.20. The van der Waals surface area contributed by atoms with Crippen LogP contribution < -0.4 is 3.53 Å². The number of ether oxygens (including phenoxy) is 1. The highest BCUT2D eigenvalue weighted by atomic mass is 127. The number of aryl methyl sites for hydroxylation is 1. The summed E-state index contributed by atoms with van der Waals surface area (Å²) in [6, 6.07) is 3.44. The lowest BCUT2D eigenvalue weighted by Crippen LogP contribution is -2.27. The van der Waals surface area contributed by atoms with Crippen molar-refractivity contribution in [3.63, 3.8) is 0 Å².